The Hall–Kier alpha value is -1.62. The van der Waals surface area contributed by atoms with Gasteiger partial charge in [-0.15, -0.1) is 0 Å². The predicted molar refractivity (Wildman–Crippen MR) is 68.9 cm³/mol. The van der Waals surface area contributed by atoms with Crippen molar-refractivity contribution in [2.75, 3.05) is 28.2 Å². The molecule has 2 unspecified atom stereocenters. The van der Waals surface area contributed by atoms with Crippen LogP contribution in [0.4, 0.5) is 9.59 Å². The van der Waals surface area contributed by atoms with E-state index in [9.17, 15) is 9.59 Å². The van der Waals surface area contributed by atoms with Crippen molar-refractivity contribution in [3.63, 3.8) is 0 Å². The maximum Gasteiger partial charge on any atom is 0.323 e. The van der Waals surface area contributed by atoms with Gasteiger partial charge in [0, 0.05) is 28.2 Å². The molecule has 10 heteroatoms. The van der Waals surface area contributed by atoms with Gasteiger partial charge in [-0.1, -0.05) is 0 Å². The van der Waals surface area contributed by atoms with Crippen LogP contribution in [0, 0.1) is 0 Å². The number of rotatable bonds is 0. The van der Waals surface area contributed by atoms with Gasteiger partial charge in [-0.25, -0.2) is 9.59 Å². The Morgan fingerprint density at radius 1 is 0.591 bits per heavy atom. The summed E-state index contributed by atoms with van der Waals surface area (Å²) in [7, 11) is 6.55. The summed E-state index contributed by atoms with van der Waals surface area (Å²) in [5, 5.41) is 0. The maximum atomic E-state index is 12.0. The molecule has 0 aromatic heterocycles. The lowest BCUT2D eigenvalue weighted by molar-refractivity contribution is -0.438. The van der Waals surface area contributed by atoms with Crippen LogP contribution in [0.3, 0.4) is 0 Å². The molecule has 10 nitrogen and oxygen atoms in total. The summed E-state index contributed by atoms with van der Waals surface area (Å²) in [6, 6.07) is -0.392. The van der Waals surface area contributed by atoms with Crippen LogP contribution in [0.15, 0.2) is 0 Å². The van der Waals surface area contributed by atoms with Crippen LogP contribution >= 0.6 is 0 Å². The summed E-state index contributed by atoms with van der Waals surface area (Å²) in [6.07, 6.45) is -3.88. The van der Waals surface area contributed by atoms with Crippen molar-refractivity contribution in [3.8, 4) is 0 Å². The average Bonchev–Trinajstić information content (AvgIpc) is 2.85. The number of hydrogen-bond donors (Lipinski definition) is 0. The normalized spacial score (nSPS) is 44.4. The third kappa shape index (κ3) is 1.63. The second-order valence-electron chi connectivity index (χ2n) is 5.85. The van der Waals surface area contributed by atoms with Gasteiger partial charge in [-0.05, 0) is 0 Å². The van der Waals surface area contributed by atoms with E-state index in [1.165, 1.54) is 19.6 Å². The first-order valence-corrected chi connectivity index (χ1v) is 7.01. The van der Waals surface area contributed by atoms with Crippen LogP contribution in [0.2, 0.25) is 0 Å². The first-order valence-electron chi connectivity index (χ1n) is 7.01. The smallest absolute Gasteiger partial charge is 0.319 e. The van der Waals surface area contributed by atoms with E-state index in [-0.39, 0.29) is 12.1 Å². The predicted octanol–water partition coefficient (Wildman–Crippen LogP) is -0.969. The van der Waals surface area contributed by atoms with Gasteiger partial charge in [-0.3, -0.25) is 19.6 Å². The highest BCUT2D eigenvalue weighted by molar-refractivity contribution is 5.77. The summed E-state index contributed by atoms with van der Waals surface area (Å²) in [6.45, 7) is 0. The summed E-state index contributed by atoms with van der Waals surface area (Å²) in [5.41, 5.74) is 0. The maximum absolute atomic E-state index is 12.0. The standard InChI is InChI=1S/C12H18N4O6/c1-13-5-6(14(2)11(13)17)20-10-9(19-5)21-7-8(22-10)16(4)12(18)15(7)3/h5-10H,1-4H3/t5-,6-,7+,8+,9?,10?. The third-order valence-electron chi connectivity index (χ3n) is 4.54. The number of nitrogens with zero attached hydrogens (tertiary/aromatic N) is 4. The van der Waals surface area contributed by atoms with Gasteiger partial charge in [-0.2, -0.15) is 0 Å². The molecule has 0 radical (unpaired) electrons. The Balaban J connectivity index is 1.57. The fourth-order valence-electron chi connectivity index (χ4n) is 3.20. The minimum absolute atomic E-state index is 0.196. The molecule has 4 fully saturated rings. The number of urea groups is 2. The average molecular weight is 314 g/mol. The molecular weight excluding hydrogens is 296 g/mol. The monoisotopic (exact) mass is 314 g/mol. The van der Waals surface area contributed by atoms with E-state index in [4.69, 9.17) is 18.9 Å². The lowest BCUT2D eigenvalue weighted by atomic mass is 10.3. The van der Waals surface area contributed by atoms with Crippen LogP contribution in [0.25, 0.3) is 0 Å². The molecule has 0 spiro atoms. The first kappa shape index (κ1) is 14.0. The number of carbonyl (C=O) groups excluding carboxylic acids is 2. The molecule has 4 heterocycles. The molecule has 4 saturated heterocycles. The molecule has 0 bridgehead atoms. The lowest BCUT2D eigenvalue weighted by Gasteiger charge is -2.45. The molecule has 0 N–H and O–H groups in total. The zero-order valence-electron chi connectivity index (χ0n) is 12.7. The van der Waals surface area contributed by atoms with E-state index in [1.54, 1.807) is 28.2 Å². The molecule has 4 aliphatic heterocycles. The number of amides is 4. The SMILES string of the molecule is CN1C(=O)N(C)[C@@H]2OC3O[C@H]4[C@H](OC3O[C@H]21)N(C)C(=O)N4C. The van der Waals surface area contributed by atoms with E-state index in [2.05, 4.69) is 0 Å². The second kappa shape index (κ2) is 4.44. The molecule has 122 valence electrons. The Labute approximate surface area is 127 Å². The highest BCUT2D eigenvalue weighted by atomic mass is 16.8. The van der Waals surface area contributed by atoms with Crippen molar-refractivity contribution in [2.24, 2.45) is 0 Å². The van der Waals surface area contributed by atoms with Gasteiger partial charge in [0.25, 0.3) is 0 Å². The van der Waals surface area contributed by atoms with Gasteiger partial charge < -0.3 is 18.9 Å². The van der Waals surface area contributed by atoms with Crippen molar-refractivity contribution < 1.29 is 28.5 Å². The van der Waals surface area contributed by atoms with Crippen molar-refractivity contribution in [2.45, 2.75) is 37.5 Å². The molecule has 0 aliphatic carbocycles. The molecule has 0 saturated carbocycles. The van der Waals surface area contributed by atoms with E-state index in [0.717, 1.165) is 0 Å². The van der Waals surface area contributed by atoms with E-state index >= 15 is 0 Å². The van der Waals surface area contributed by atoms with Gasteiger partial charge in [0.15, 0.2) is 24.9 Å². The van der Waals surface area contributed by atoms with Crippen LogP contribution < -0.4 is 0 Å². The molecule has 4 aliphatic rings. The largest absolute Gasteiger partial charge is 0.323 e. The molecule has 4 amide bonds. The summed E-state index contributed by atoms with van der Waals surface area (Å²) in [5.74, 6) is 0. The highest BCUT2D eigenvalue weighted by Crippen LogP contribution is 2.37. The van der Waals surface area contributed by atoms with Crippen molar-refractivity contribution in [1.82, 2.24) is 19.6 Å². The molecule has 4 rings (SSSR count). The summed E-state index contributed by atoms with van der Waals surface area (Å²) in [4.78, 5) is 29.7. The number of ether oxygens (including phenoxy) is 4. The van der Waals surface area contributed by atoms with Gasteiger partial charge in [0.2, 0.25) is 12.6 Å². The summed E-state index contributed by atoms with van der Waals surface area (Å²) >= 11 is 0. The van der Waals surface area contributed by atoms with E-state index in [0.29, 0.717) is 0 Å². The number of carbonyl (C=O) groups is 2. The van der Waals surface area contributed by atoms with E-state index in [1.807, 2.05) is 0 Å². The molecule has 0 aromatic rings. The second-order valence-corrected chi connectivity index (χ2v) is 5.85. The molecule has 0 aromatic carbocycles. The Morgan fingerprint density at radius 2 is 0.818 bits per heavy atom. The van der Waals surface area contributed by atoms with Crippen LogP contribution in [-0.4, -0.2) is 97.3 Å². The van der Waals surface area contributed by atoms with Crippen molar-refractivity contribution >= 4 is 12.1 Å². The zero-order chi connectivity index (χ0) is 15.8. The van der Waals surface area contributed by atoms with Crippen LogP contribution in [-0.2, 0) is 18.9 Å². The number of fused-ring (bicyclic) bond motifs is 3. The lowest BCUT2D eigenvalue weighted by Crippen LogP contribution is -2.62. The highest BCUT2D eigenvalue weighted by Gasteiger charge is 2.58. The third-order valence-corrected chi connectivity index (χ3v) is 4.54. The minimum atomic E-state index is -0.800. The molecular formula is C12H18N4O6. The molecule has 6 atom stereocenters. The van der Waals surface area contributed by atoms with Crippen molar-refractivity contribution in [1.29, 1.82) is 0 Å². The topological polar surface area (TPSA) is 84.0 Å². The minimum Gasteiger partial charge on any atom is -0.319 e. The Bertz CT molecular complexity index is 446. The zero-order valence-corrected chi connectivity index (χ0v) is 12.7. The van der Waals surface area contributed by atoms with E-state index < -0.39 is 37.5 Å². The fraction of sp³-hybridized carbons (Fsp3) is 0.833. The molecule has 22 heavy (non-hydrogen) atoms. The van der Waals surface area contributed by atoms with Gasteiger partial charge >= 0.3 is 12.1 Å². The van der Waals surface area contributed by atoms with Gasteiger partial charge in [0.05, 0.1) is 0 Å². The number of likely N-dealkylation sites (N-methyl/N-ethyl adjacent to an activating group) is 4. The van der Waals surface area contributed by atoms with Crippen LogP contribution in [0.5, 0.6) is 0 Å². The number of hydrogen-bond acceptors (Lipinski definition) is 6. The fourth-order valence-corrected chi connectivity index (χ4v) is 3.20. The Kier molecular flexibility index (Phi) is 2.83. The van der Waals surface area contributed by atoms with Crippen LogP contribution in [0.1, 0.15) is 0 Å². The Morgan fingerprint density at radius 3 is 1.05 bits per heavy atom. The quantitative estimate of drug-likeness (QED) is 0.572. The van der Waals surface area contributed by atoms with Gasteiger partial charge in [0.1, 0.15) is 0 Å². The summed E-state index contributed by atoms with van der Waals surface area (Å²) < 4.78 is 23.3. The first-order chi connectivity index (χ1) is 10.4. The van der Waals surface area contributed by atoms with Crippen molar-refractivity contribution in [3.05, 3.63) is 0 Å².